The van der Waals surface area contributed by atoms with Gasteiger partial charge in [0.25, 0.3) is 0 Å². The van der Waals surface area contributed by atoms with Crippen LogP contribution < -0.4 is 11.3 Å². The van der Waals surface area contributed by atoms with E-state index in [1.807, 2.05) is 12.4 Å². The van der Waals surface area contributed by atoms with Crippen molar-refractivity contribution >= 4 is 0 Å². The lowest BCUT2D eigenvalue weighted by Gasteiger charge is -2.35. The summed E-state index contributed by atoms with van der Waals surface area (Å²) in [6, 6.07) is 0.194. The SMILES string of the molecule is CC(C)C1CCC(C(NN)c2cncnc2)CC1. The van der Waals surface area contributed by atoms with Crippen molar-refractivity contribution in [1.29, 1.82) is 0 Å². The lowest BCUT2D eigenvalue weighted by atomic mass is 9.74. The molecule has 1 aliphatic rings. The van der Waals surface area contributed by atoms with Crippen molar-refractivity contribution in [3.05, 3.63) is 24.3 Å². The Morgan fingerprint density at radius 1 is 1.11 bits per heavy atom. The molecule has 1 atom stereocenters. The molecule has 0 bridgehead atoms. The van der Waals surface area contributed by atoms with Crippen molar-refractivity contribution in [3.63, 3.8) is 0 Å². The van der Waals surface area contributed by atoms with Gasteiger partial charge in [-0.1, -0.05) is 13.8 Å². The summed E-state index contributed by atoms with van der Waals surface area (Å²) in [6.45, 7) is 4.66. The highest BCUT2D eigenvalue weighted by Crippen LogP contribution is 2.38. The fraction of sp³-hybridized carbons (Fsp3) is 0.714. The lowest BCUT2D eigenvalue weighted by molar-refractivity contribution is 0.189. The number of rotatable bonds is 4. The van der Waals surface area contributed by atoms with Gasteiger partial charge in [-0.3, -0.25) is 11.3 Å². The zero-order chi connectivity index (χ0) is 13.0. The van der Waals surface area contributed by atoms with Crippen LogP contribution in [0.5, 0.6) is 0 Å². The Bertz CT molecular complexity index is 344. The van der Waals surface area contributed by atoms with Crippen LogP contribution in [0.3, 0.4) is 0 Å². The Morgan fingerprint density at radius 3 is 2.17 bits per heavy atom. The van der Waals surface area contributed by atoms with E-state index in [1.165, 1.54) is 25.7 Å². The van der Waals surface area contributed by atoms with Gasteiger partial charge in [0.2, 0.25) is 0 Å². The fourth-order valence-electron chi connectivity index (χ4n) is 3.12. The number of nitrogens with two attached hydrogens (primary N) is 1. The van der Waals surface area contributed by atoms with Gasteiger partial charge in [-0.05, 0) is 43.4 Å². The Hall–Kier alpha value is -1.00. The molecule has 0 saturated heterocycles. The quantitative estimate of drug-likeness (QED) is 0.634. The van der Waals surface area contributed by atoms with E-state index in [0.717, 1.165) is 17.4 Å². The molecule has 0 spiro atoms. The average Bonchev–Trinajstić information content (AvgIpc) is 2.41. The van der Waals surface area contributed by atoms with Crippen LogP contribution in [0.4, 0.5) is 0 Å². The highest BCUT2D eigenvalue weighted by Gasteiger charge is 2.29. The number of aromatic nitrogens is 2. The molecule has 0 aromatic carbocycles. The summed E-state index contributed by atoms with van der Waals surface area (Å²) >= 11 is 0. The van der Waals surface area contributed by atoms with Gasteiger partial charge in [0.05, 0.1) is 6.04 Å². The van der Waals surface area contributed by atoms with E-state index in [4.69, 9.17) is 5.84 Å². The molecule has 1 fully saturated rings. The molecule has 0 amide bonds. The zero-order valence-corrected chi connectivity index (χ0v) is 11.3. The molecular formula is C14H24N4. The fourth-order valence-corrected chi connectivity index (χ4v) is 3.12. The largest absolute Gasteiger partial charge is 0.271 e. The monoisotopic (exact) mass is 248 g/mol. The van der Waals surface area contributed by atoms with Crippen LogP contribution in [0.2, 0.25) is 0 Å². The van der Waals surface area contributed by atoms with E-state index in [1.54, 1.807) is 6.33 Å². The third-order valence-corrected chi connectivity index (χ3v) is 4.35. The second kappa shape index (κ2) is 6.25. The number of nitrogens with one attached hydrogen (secondary N) is 1. The number of hydrogen-bond acceptors (Lipinski definition) is 4. The molecule has 3 N–H and O–H groups in total. The average molecular weight is 248 g/mol. The first-order chi connectivity index (χ1) is 8.72. The molecule has 0 radical (unpaired) electrons. The molecule has 4 nitrogen and oxygen atoms in total. The van der Waals surface area contributed by atoms with Crippen molar-refractivity contribution in [2.45, 2.75) is 45.6 Å². The summed E-state index contributed by atoms with van der Waals surface area (Å²) in [5.41, 5.74) is 4.06. The first-order valence-electron chi connectivity index (χ1n) is 6.93. The standard InChI is InChI=1S/C14H24N4/c1-10(2)11-3-5-12(6-4-11)14(18-15)13-7-16-9-17-8-13/h7-12,14,18H,3-6,15H2,1-2H3. The lowest BCUT2D eigenvalue weighted by Crippen LogP contribution is -2.36. The molecule has 1 saturated carbocycles. The van der Waals surface area contributed by atoms with Crippen molar-refractivity contribution in [1.82, 2.24) is 15.4 Å². The molecule has 1 aromatic heterocycles. The predicted octanol–water partition coefficient (Wildman–Crippen LogP) is 2.44. The van der Waals surface area contributed by atoms with Crippen LogP contribution in [-0.2, 0) is 0 Å². The van der Waals surface area contributed by atoms with Gasteiger partial charge in [-0.2, -0.15) is 0 Å². The summed E-state index contributed by atoms with van der Waals surface area (Å²) in [6.07, 6.45) is 10.4. The first-order valence-corrected chi connectivity index (χ1v) is 6.93. The van der Waals surface area contributed by atoms with Gasteiger partial charge < -0.3 is 0 Å². The van der Waals surface area contributed by atoms with Crippen LogP contribution in [0.1, 0.15) is 51.1 Å². The van der Waals surface area contributed by atoms with Gasteiger partial charge in [0, 0.05) is 18.0 Å². The Kier molecular flexibility index (Phi) is 4.66. The second-order valence-corrected chi connectivity index (χ2v) is 5.74. The second-order valence-electron chi connectivity index (χ2n) is 5.74. The van der Waals surface area contributed by atoms with Crippen molar-refractivity contribution in [2.24, 2.45) is 23.6 Å². The van der Waals surface area contributed by atoms with Crippen LogP contribution in [0, 0.1) is 17.8 Å². The van der Waals surface area contributed by atoms with Gasteiger partial charge >= 0.3 is 0 Å². The molecule has 1 heterocycles. The Balaban J connectivity index is 1.99. The zero-order valence-electron chi connectivity index (χ0n) is 11.3. The molecule has 100 valence electrons. The maximum atomic E-state index is 5.72. The molecule has 1 aliphatic carbocycles. The van der Waals surface area contributed by atoms with Gasteiger partial charge in [0.1, 0.15) is 6.33 Å². The topological polar surface area (TPSA) is 63.8 Å². The maximum Gasteiger partial charge on any atom is 0.115 e. The third-order valence-electron chi connectivity index (χ3n) is 4.35. The van der Waals surface area contributed by atoms with Gasteiger partial charge in [-0.25, -0.2) is 9.97 Å². The minimum atomic E-state index is 0.194. The van der Waals surface area contributed by atoms with Gasteiger partial charge in [0.15, 0.2) is 0 Å². The Labute approximate surface area is 109 Å². The molecule has 1 aromatic rings. The summed E-state index contributed by atoms with van der Waals surface area (Å²) in [4.78, 5) is 8.17. The highest BCUT2D eigenvalue weighted by atomic mass is 15.2. The van der Waals surface area contributed by atoms with Crippen LogP contribution >= 0.6 is 0 Å². The van der Waals surface area contributed by atoms with E-state index in [9.17, 15) is 0 Å². The first kappa shape index (κ1) is 13.4. The van der Waals surface area contributed by atoms with Crippen molar-refractivity contribution in [3.8, 4) is 0 Å². The number of nitrogens with zero attached hydrogens (tertiary/aromatic N) is 2. The Morgan fingerprint density at radius 2 is 1.67 bits per heavy atom. The van der Waals surface area contributed by atoms with E-state index in [2.05, 4.69) is 29.2 Å². The molecule has 0 aliphatic heterocycles. The van der Waals surface area contributed by atoms with Crippen LogP contribution in [0.15, 0.2) is 18.7 Å². The summed E-state index contributed by atoms with van der Waals surface area (Å²) in [5, 5.41) is 0. The highest BCUT2D eigenvalue weighted by molar-refractivity contribution is 5.10. The third kappa shape index (κ3) is 3.06. The van der Waals surface area contributed by atoms with E-state index in [0.29, 0.717) is 5.92 Å². The van der Waals surface area contributed by atoms with E-state index >= 15 is 0 Å². The molecule has 1 unspecified atom stereocenters. The summed E-state index contributed by atoms with van der Waals surface area (Å²) < 4.78 is 0. The predicted molar refractivity (Wildman–Crippen MR) is 72.4 cm³/mol. The van der Waals surface area contributed by atoms with Crippen LogP contribution in [0.25, 0.3) is 0 Å². The maximum absolute atomic E-state index is 5.72. The molecule has 4 heteroatoms. The molecule has 2 rings (SSSR count). The van der Waals surface area contributed by atoms with Crippen molar-refractivity contribution in [2.75, 3.05) is 0 Å². The molecule has 18 heavy (non-hydrogen) atoms. The van der Waals surface area contributed by atoms with Crippen LogP contribution in [-0.4, -0.2) is 9.97 Å². The molecular weight excluding hydrogens is 224 g/mol. The van der Waals surface area contributed by atoms with E-state index < -0.39 is 0 Å². The number of hydrazine groups is 1. The smallest absolute Gasteiger partial charge is 0.115 e. The number of hydrogen-bond donors (Lipinski definition) is 2. The minimum absolute atomic E-state index is 0.194. The van der Waals surface area contributed by atoms with Crippen molar-refractivity contribution < 1.29 is 0 Å². The van der Waals surface area contributed by atoms with Gasteiger partial charge in [-0.15, -0.1) is 0 Å². The summed E-state index contributed by atoms with van der Waals surface area (Å²) in [5.74, 6) is 8.01. The normalized spacial score (nSPS) is 26.2. The van der Waals surface area contributed by atoms with E-state index in [-0.39, 0.29) is 6.04 Å². The minimum Gasteiger partial charge on any atom is -0.271 e. The summed E-state index contributed by atoms with van der Waals surface area (Å²) in [7, 11) is 0.